The fraction of sp³-hybridized carbons (Fsp3) is 0.400. The van der Waals surface area contributed by atoms with E-state index in [1.165, 1.54) is 0 Å². The van der Waals surface area contributed by atoms with E-state index in [4.69, 9.17) is 10.5 Å². The van der Waals surface area contributed by atoms with Crippen molar-refractivity contribution in [2.75, 3.05) is 13.2 Å². The Kier molecular flexibility index (Phi) is 3.98. The van der Waals surface area contributed by atoms with Crippen molar-refractivity contribution in [3.8, 4) is 0 Å². The molecule has 1 atom stereocenters. The van der Waals surface area contributed by atoms with Crippen LogP contribution in [0.1, 0.15) is 18.6 Å². The predicted octanol–water partition coefficient (Wildman–Crippen LogP) is 2.00. The SMILES string of the molecule is CC(OCCN)c1cc(F)ccc1F. The largest absolute Gasteiger partial charge is 0.372 e. The van der Waals surface area contributed by atoms with Crippen molar-refractivity contribution in [1.82, 2.24) is 0 Å². The Balaban J connectivity index is 2.77. The Morgan fingerprint density at radius 2 is 2.14 bits per heavy atom. The second-order valence-corrected chi connectivity index (χ2v) is 2.97. The summed E-state index contributed by atoms with van der Waals surface area (Å²) in [6, 6.07) is 3.30. The molecule has 1 rings (SSSR count). The van der Waals surface area contributed by atoms with Gasteiger partial charge in [0.15, 0.2) is 0 Å². The van der Waals surface area contributed by atoms with Crippen molar-refractivity contribution in [3.05, 3.63) is 35.4 Å². The monoisotopic (exact) mass is 201 g/mol. The van der Waals surface area contributed by atoms with Gasteiger partial charge in [-0.2, -0.15) is 0 Å². The van der Waals surface area contributed by atoms with E-state index >= 15 is 0 Å². The van der Waals surface area contributed by atoms with E-state index in [0.717, 1.165) is 18.2 Å². The zero-order valence-corrected chi connectivity index (χ0v) is 7.97. The summed E-state index contributed by atoms with van der Waals surface area (Å²) in [5.41, 5.74) is 5.45. The number of benzene rings is 1. The summed E-state index contributed by atoms with van der Waals surface area (Å²) in [6.07, 6.45) is -0.478. The average molecular weight is 201 g/mol. The lowest BCUT2D eigenvalue weighted by atomic mass is 10.1. The Labute approximate surface area is 81.7 Å². The summed E-state index contributed by atoms with van der Waals surface area (Å²) in [5, 5.41) is 0. The van der Waals surface area contributed by atoms with Crippen LogP contribution in [0.25, 0.3) is 0 Å². The second kappa shape index (κ2) is 5.02. The highest BCUT2D eigenvalue weighted by Crippen LogP contribution is 2.20. The first-order chi connectivity index (χ1) is 6.65. The zero-order chi connectivity index (χ0) is 10.6. The lowest BCUT2D eigenvalue weighted by Crippen LogP contribution is -2.11. The molecule has 0 aromatic heterocycles. The third-order valence-electron chi connectivity index (χ3n) is 1.88. The second-order valence-electron chi connectivity index (χ2n) is 2.97. The van der Waals surface area contributed by atoms with Crippen molar-refractivity contribution < 1.29 is 13.5 Å². The van der Waals surface area contributed by atoms with Gasteiger partial charge in [-0.3, -0.25) is 0 Å². The maximum Gasteiger partial charge on any atom is 0.129 e. The van der Waals surface area contributed by atoms with Gasteiger partial charge < -0.3 is 10.5 Å². The third kappa shape index (κ3) is 2.75. The smallest absolute Gasteiger partial charge is 0.129 e. The molecule has 0 heterocycles. The van der Waals surface area contributed by atoms with E-state index in [1.807, 2.05) is 0 Å². The molecule has 0 aliphatic heterocycles. The molecule has 0 aliphatic carbocycles. The number of rotatable bonds is 4. The number of nitrogens with two attached hydrogens (primary N) is 1. The first kappa shape index (κ1) is 11.1. The van der Waals surface area contributed by atoms with Gasteiger partial charge in [-0.05, 0) is 25.1 Å². The van der Waals surface area contributed by atoms with Gasteiger partial charge in [-0.25, -0.2) is 8.78 Å². The summed E-state index contributed by atoms with van der Waals surface area (Å²) >= 11 is 0. The van der Waals surface area contributed by atoms with E-state index in [-0.39, 0.29) is 5.56 Å². The first-order valence-corrected chi connectivity index (χ1v) is 4.41. The van der Waals surface area contributed by atoms with Crippen LogP contribution in [0, 0.1) is 11.6 Å². The van der Waals surface area contributed by atoms with Gasteiger partial charge in [0.2, 0.25) is 0 Å². The van der Waals surface area contributed by atoms with Gasteiger partial charge in [0, 0.05) is 12.1 Å². The van der Waals surface area contributed by atoms with Crippen molar-refractivity contribution in [2.24, 2.45) is 5.73 Å². The molecule has 1 aromatic rings. The summed E-state index contributed by atoms with van der Waals surface area (Å²) in [4.78, 5) is 0. The minimum absolute atomic E-state index is 0.221. The molecular formula is C10H13F2NO. The van der Waals surface area contributed by atoms with Crippen LogP contribution in [0.2, 0.25) is 0 Å². The lowest BCUT2D eigenvalue weighted by molar-refractivity contribution is 0.0690. The van der Waals surface area contributed by atoms with Gasteiger partial charge in [0.05, 0.1) is 12.7 Å². The van der Waals surface area contributed by atoms with Crippen molar-refractivity contribution in [1.29, 1.82) is 0 Å². The van der Waals surface area contributed by atoms with Crippen LogP contribution in [-0.4, -0.2) is 13.2 Å². The summed E-state index contributed by atoms with van der Waals surface area (Å²) in [7, 11) is 0. The molecule has 0 saturated heterocycles. The number of ether oxygens (including phenoxy) is 1. The van der Waals surface area contributed by atoms with Crippen molar-refractivity contribution in [2.45, 2.75) is 13.0 Å². The fourth-order valence-electron chi connectivity index (χ4n) is 1.16. The molecule has 1 unspecified atom stereocenters. The minimum Gasteiger partial charge on any atom is -0.372 e. The van der Waals surface area contributed by atoms with Crippen LogP contribution in [0.15, 0.2) is 18.2 Å². The highest BCUT2D eigenvalue weighted by Gasteiger charge is 2.11. The van der Waals surface area contributed by atoms with Crippen LogP contribution < -0.4 is 5.73 Å². The zero-order valence-electron chi connectivity index (χ0n) is 7.97. The standard InChI is InChI=1S/C10H13F2NO/c1-7(14-5-4-13)9-6-8(11)2-3-10(9)12/h2-3,6-7H,4-5,13H2,1H3. The molecule has 2 nitrogen and oxygen atoms in total. The van der Waals surface area contributed by atoms with Gasteiger partial charge in [0.1, 0.15) is 11.6 Å². The third-order valence-corrected chi connectivity index (χ3v) is 1.88. The van der Waals surface area contributed by atoms with E-state index in [1.54, 1.807) is 6.92 Å². The minimum atomic E-state index is -0.478. The fourth-order valence-corrected chi connectivity index (χ4v) is 1.16. The summed E-state index contributed by atoms with van der Waals surface area (Å²) in [6.45, 7) is 2.35. The first-order valence-electron chi connectivity index (χ1n) is 4.41. The Morgan fingerprint density at radius 3 is 2.79 bits per heavy atom. The van der Waals surface area contributed by atoms with Gasteiger partial charge in [0.25, 0.3) is 0 Å². The molecular weight excluding hydrogens is 188 g/mol. The van der Waals surface area contributed by atoms with Crippen molar-refractivity contribution in [3.63, 3.8) is 0 Å². The quantitative estimate of drug-likeness (QED) is 0.808. The normalized spacial score (nSPS) is 12.9. The number of hydrogen-bond acceptors (Lipinski definition) is 2. The Bertz CT molecular complexity index is 304. The lowest BCUT2D eigenvalue weighted by Gasteiger charge is -2.13. The molecule has 0 fully saturated rings. The molecule has 1 aromatic carbocycles. The molecule has 4 heteroatoms. The van der Waals surface area contributed by atoms with E-state index < -0.39 is 17.7 Å². The van der Waals surface area contributed by atoms with E-state index in [0.29, 0.717) is 13.2 Å². The highest BCUT2D eigenvalue weighted by molar-refractivity contribution is 5.20. The molecule has 0 radical (unpaired) electrons. The van der Waals surface area contributed by atoms with E-state index in [2.05, 4.69) is 0 Å². The highest BCUT2D eigenvalue weighted by atomic mass is 19.1. The molecule has 78 valence electrons. The number of hydrogen-bond donors (Lipinski definition) is 1. The van der Waals surface area contributed by atoms with Crippen LogP contribution in [0.5, 0.6) is 0 Å². The molecule has 14 heavy (non-hydrogen) atoms. The predicted molar refractivity (Wildman–Crippen MR) is 49.8 cm³/mol. The summed E-state index contributed by atoms with van der Waals surface area (Å²) in [5.74, 6) is -0.930. The number of halogens is 2. The van der Waals surface area contributed by atoms with E-state index in [9.17, 15) is 8.78 Å². The van der Waals surface area contributed by atoms with Gasteiger partial charge in [-0.1, -0.05) is 0 Å². The molecule has 0 amide bonds. The van der Waals surface area contributed by atoms with Gasteiger partial charge >= 0.3 is 0 Å². The average Bonchev–Trinajstić information content (AvgIpc) is 2.18. The Hall–Kier alpha value is -1.00. The topological polar surface area (TPSA) is 35.2 Å². The van der Waals surface area contributed by atoms with Crippen LogP contribution in [0.3, 0.4) is 0 Å². The molecule has 0 aliphatic rings. The molecule has 0 bridgehead atoms. The van der Waals surface area contributed by atoms with Gasteiger partial charge in [-0.15, -0.1) is 0 Å². The molecule has 2 N–H and O–H groups in total. The maximum absolute atomic E-state index is 13.2. The Morgan fingerprint density at radius 1 is 1.43 bits per heavy atom. The maximum atomic E-state index is 13.2. The van der Waals surface area contributed by atoms with Crippen LogP contribution in [-0.2, 0) is 4.74 Å². The van der Waals surface area contributed by atoms with Crippen LogP contribution >= 0.6 is 0 Å². The molecule has 0 saturated carbocycles. The van der Waals surface area contributed by atoms with Crippen LogP contribution in [0.4, 0.5) is 8.78 Å². The molecule has 0 spiro atoms. The summed E-state index contributed by atoms with van der Waals surface area (Å²) < 4.78 is 31.1. The van der Waals surface area contributed by atoms with Crippen molar-refractivity contribution >= 4 is 0 Å².